The van der Waals surface area contributed by atoms with Gasteiger partial charge in [-0.15, -0.1) is 11.3 Å². The number of methoxy groups -OCH3 is 2. The van der Waals surface area contributed by atoms with Crippen LogP contribution in [0.15, 0.2) is 24.3 Å². The number of nitrogen functional groups attached to an aromatic ring is 1. The maximum absolute atomic E-state index is 12.9. The Morgan fingerprint density at radius 2 is 2.07 bits per heavy atom. The van der Waals surface area contributed by atoms with E-state index < -0.39 is 0 Å². The third-order valence-corrected chi connectivity index (χ3v) is 6.73. The summed E-state index contributed by atoms with van der Waals surface area (Å²) in [6, 6.07) is 7.38. The van der Waals surface area contributed by atoms with Gasteiger partial charge in [0.25, 0.3) is 5.91 Å². The molecule has 6 nitrogen and oxygen atoms in total. The molecular weight excluding hydrogens is 386 g/mol. The molecular formula is C22H25N3O3S. The number of aryl methyl sites for hydroxylation is 1. The number of hydrogen-bond donors (Lipinski definition) is 2. The monoisotopic (exact) mass is 411 g/mol. The third kappa shape index (κ3) is 3.62. The minimum atomic E-state index is -0.248. The Labute approximate surface area is 174 Å². The zero-order valence-corrected chi connectivity index (χ0v) is 17.7. The van der Waals surface area contributed by atoms with Crippen LogP contribution in [-0.2, 0) is 12.8 Å². The van der Waals surface area contributed by atoms with Gasteiger partial charge in [-0.2, -0.15) is 0 Å². The van der Waals surface area contributed by atoms with E-state index in [1.165, 1.54) is 29.7 Å². The number of nitrogens with one attached hydrogen (secondary N) is 1. The van der Waals surface area contributed by atoms with Gasteiger partial charge in [0.15, 0.2) is 11.5 Å². The van der Waals surface area contributed by atoms with Gasteiger partial charge in [-0.25, -0.2) is 4.98 Å². The van der Waals surface area contributed by atoms with Crippen molar-refractivity contribution >= 4 is 38.8 Å². The summed E-state index contributed by atoms with van der Waals surface area (Å²) < 4.78 is 10.5. The number of thiophene rings is 1. The van der Waals surface area contributed by atoms with E-state index in [9.17, 15) is 4.79 Å². The van der Waals surface area contributed by atoms with Crippen molar-refractivity contribution in [3.8, 4) is 11.5 Å². The average molecular weight is 412 g/mol. The number of amides is 1. The van der Waals surface area contributed by atoms with E-state index >= 15 is 0 Å². The molecule has 152 valence electrons. The van der Waals surface area contributed by atoms with Crippen molar-refractivity contribution in [1.82, 2.24) is 4.98 Å². The van der Waals surface area contributed by atoms with Gasteiger partial charge < -0.3 is 20.5 Å². The molecule has 0 aliphatic heterocycles. The maximum atomic E-state index is 12.9. The van der Waals surface area contributed by atoms with Crippen LogP contribution in [0.4, 0.5) is 11.4 Å². The smallest absolute Gasteiger partial charge is 0.267 e. The second kappa shape index (κ2) is 7.91. The van der Waals surface area contributed by atoms with E-state index in [-0.39, 0.29) is 5.91 Å². The van der Waals surface area contributed by atoms with Crippen molar-refractivity contribution in [2.75, 3.05) is 25.3 Å². The quantitative estimate of drug-likeness (QED) is 0.637. The molecule has 1 aliphatic carbocycles. The molecule has 1 aliphatic rings. The largest absolute Gasteiger partial charge is 0.493 e. The number of pyridine rings is 1. The van der Waals surface area contributed by atoms with Crippen LogP contribution in [0.2, 0.25) is 0 Å². The lowest BCUT2D eigenvalue weighted by Crippen LogP contribution is -2.14. The van der Waals surface area contributed by atoms with Crippen molar-refractivity contribution < 1.29 is 14.3 Å². The van der Waals surface area contributed by atoms with Crippen LogP contribution in [0.25, 0.3) is 10.2 Å². The number of benzene rings is 1. The number of ether oxygens (including phenoxy) is 2. The number of aromatic nitrogens is 1. The first kappa shape index (κ1) is 19.5. The predicted octanol–water partition coefficient (Wildman–Crippen LogP) is 4.66. The van der Waals surface area contributed by atoms with Crippen molar-refractivity contribution in [2.24, 2.45) is 5.92 Å². The Morgan fingerprint density at radius 3 is 2.79 bits per heavy atom. The Morgan fingerprint density at radius 1 is 1.28 bits per heavy atom. The number of hydrogen-bond acceptors (Lipinski definition) is 6. The average Bonchev–Trinajstić information content (AvgIpc) is 3.07. The molecule has 0 bridgehead atoms. The molecule has 0 spiro atoms. The number of carbonyl (C=O) groups is 1. The van der Waals surface area contributed by atoms with Crippen molar-refractivity contribution in [3.63, 3.8) is 0 Å². The summed E-state index contributed by atoms with van der Waals surface area (Å²) in [6.45, 7) is 2.23. The fourth-order valence-corrected chi connectivity index (χ4v) is 4.88. The second-order valence-electron chi connectivity index (χ2n) is 7.33. The standard InChI is InChI=1S/C22H25N3O3S/c1-4-12-5-7-16-13(9-12)10-15-19(23)20(29-22(15)25-16)21(26)24-14-6-8-17(27-2)18(11-14)28-3/h6,8,10-12H,4-5,7,9,23H2,1-3H3,(H,24,26). The van der Waals surface area contributed by atoms with Gasteiger partial charge in [-0.3, -0.25) is 4.79 Å². The van der Waals surface area contributed by atoms with E-state index in [1.807, 2.05) is 0 Å². The van der Waals surface area contributed by atoms with Gasteiger partial charge in [0.1, 0.15) is 9.71 Å². The van der Waals surface area contributed by atoms with Crippen molar-refractivity contribution in [3.05, 3.63) is 40.4 Å². The van der Waals surface area contributed by atoms with Gasteiger partial charge in [-0.1, -0.05) is 13.3 Å². The first-order chi connectivity index (χ1) is 14.0. The maximum Gasteiger partial charge on any atom is 0.267 e. The normalized spacial score (nSPS) is 15.8. The Kier molecular flexibility index (Phi) is 5.32. The van der Waals surface area contributed by atoms with Crippen molar-refractivity contribution in [2.45, 2.75) is 32.6 Å². The van der Waals surface area contributed by atoms with Crippen LogP contribution in [0.1, 0.15) is 40.7 Å². The minimum absolute atomic E-state index is 0.248. The Balaban J connectivity index is 1.64. The van der Waals surface area contributed by atoms with Gasteiger partial charge in [0, 0.05) is 22.8 Å². The van der Waals surface area contributed by atoms with Gasteiger partial charge in [-0.05, 0) is 48.9 Å². The summed E-state index contributed by atoms with van der Waals surface area (Å²) in [5.74, 6) is 1.61. The minimum Gasteiger partial charge on any atom is -0.493 e. The number of carbonyl (C=O) groups excluding carboxylic acids is 1. The molecule has 2 heterocycles. The Hall–Kier alpha value is -2.80. The summed E-state index contributed by atoms with van der Waals surface area (Å²) >= 11 is 1.34. The molecule has 29 heavy (non-hydrogen) atoms. The van der Waals surface area contributed by atoms with E-state index in [0.29, 0.717) is 33.7 Å². The zero-order chi connectivity index (χ0) is 20.5. The van der Waals surface area contributed by atoms with Crippen LogP contribution >= 0.6 is 11.3 Å². The summed E-state index contributed by atoms with van der Waals surface area (Å²) in [7, 11) is 3.13. The molecule has 3 N–H and O–H groups in total. The van der Waals surface area contributed by atoms with Crippen LogP contribution in [0.5, 0.6) is 11.5 Å². The number of nitrogens with two attached hydrogens (primary N) is 1. The predicted molar refractivity (Wildman–Crippen MR) is 117 cm³/mol. The summed E-state index contributed by atoms with van der Waals surface area (Å²) in [6.07, 6.45) is 4.39. The zero-order valence-electron chi connectivity index (χ0n) is 16.9. The molecule has 1 atom stereocenters. The van der Waals surface area contributed by atoms with E-state index in [0.717, 1.165) is 28.8 Å². The van der Waals surface area contributed by atoms with E-state index in [4.69, 9.17) is 20.2 Å². The van der Waals surface area contributed by atoms with Gasteiger partial charge in [0.05, 0.1) is 19.9 Å². The number of fused-ring (bicyclic) bond motifs is 2. The third-order valence-electron chi connectivity index (χ3n) is 5.61. The molecule has 1 unspecified atom stereocenters. The molecule has 0 saturated carbocycles. The highest BCUT2D eigenvalue weighted by Gasteiger charge is 2.23. The lowest BCUT2D eigenvalue weighted by Gasteiger charge is -2.22. The molecule has 2 aromatic heterocycles. The second-order valence-corrected chi connectivity index (χ2v) is 8.33. The van der Waals surface area contributed by atoms with E-state index in [1.54, 1.807) is 32.4 Å². The number of nitrogens with zero attached hydrogens (tertiary/aromatic N) is 1. The first-order valence-electron chi connectivity index (χ1n) is 9.78. The molecule has 0 fully saturated rings. The summed E-state index contributed by atoms with van der Waals surface area (Å²) in [5, 5.41) is 3.78. The van der Waals surface area contributed by atoms with Crippen LogP contribution < -0.4 is 20.5 Å². The molecule has 1 amide bonds. The fourth-order valence-electron chi connectivity index (χ4n) is 3.88. The SMILES string of the molecule is CCC1CCc2nc3sc(C(=O)Nc4ccc(OC)c(OC)c4)c(N)c3cc2C1. The van der Waals surface area contributed by atoms with Gasteiger partial charge >= 0.3 is 0 Å². The van der Waals surface area contributed by atoms with Crippen LogP contribution in [0, 0.1) is 5.92 Å². The highest BCUT2D eigenvalue weighted by molar-refractivity contribution is 7.21. The first-order valence-corrected chi connectivity index (χ1v) is 10.6. The number of rotatable bonds is 5. The van der Waals surface area contributed by atoms with Crippen LogP contribution in [-0.4, -0.2) is 25.1 Å². The van der Waals surface area contributed by atoms with E-state index in [2.05, 4.69) is 18.3 Å². The highest BCUT2D eigenvalue weighted by Crippen LogP contribution is 2.37. The molecule has 3 aromatic rings. The summed E-state index contributed by atoms with van der Waals surface area (Å²) in [5.41, 5.74) is 9.89. The highest BCUT2D eigenvalue weighted by atomic mass is 32.1. The topological polar surface area (TPSA) is 86.5 Å². The number of anilines is 2. The molecule has 4 rings (SSSR count). The summed E-state index contributed by atoms with van der Waals surface area (Å²) in [4.78, 5) is 19.0. The Bertz CT molecular complexity index is 1080. The van der Waals surface area contributed by atoms with Gasteiger partial charge in [0.2, 0.25) is 0 Å². The fraction of sp³-hybridized carbons (Fsp3) is 0.364. The molecule has 7 heteroatoms. The van der Waals surface area contributed by atoms with Crippen LogP contribution in [0.3, 0.4) is 0 Å². The molecule has 0 radical (unpaired) electrons. The molecule has 0 saturated heterocycles. The lowest BCUT2D eigenvalue weighted by atomic mass is 9.85. The lowest BCUT2D eigenvalue weighted by molar-refractivity contribution is 0.103. The van der Waals surface area contributed by atoms with Crippen molar-refractivity contribution in [1.29, 1.82) is 0 Å². The molecule has 1 aromatic carbocycles.